The van der Waals surface area contributed by atoms with Crippen molar-refractivity contribution in [3.8, 4) is 16.9 Å². The van der Waals surface area contributed by atoms with Gasteiger partial charge in [-0.25, -0.2) is 4.39 Å². The second kappa shape index (κ2) is 23.0. The molecule has 0 spiro atoms. The number of anilines is 2. The van der Waals surface area contributed by atoms with Crippen molar-refractivity contribution < 1.29 is 32.9 Å². The molecule has 1 saturated heterocycles. The summed E-state index contributed by atoms with van der Waals surface area (Å²) in [4.78, 5) is 40.4. The standard InChI is InChI=1S/C51H62FN7O6/c1-36-32-58(44(31-55-36)34-62-4)33-48(60)59-35-51(2,3)49-47(59)29-39(30-56-49)25-37-8-6-10-45(27-37)65-24-23-64-22-21-63-20-19-54-46(28-38-7-5-9-42(52)26-38)50(61)57-43-13-11-40(12-14-43)41-15-17-53-18-16-41/h5-18,26-27,29-30,36,44,46,54-55H,19-25,28,31-35H2,1-4H3,(H,57,61)/t36-,44-,46-/m1/s1. The molecule has 3 aromatic carbocycles. The zero-order valence-electron chi connectivity index (χ0n) is 37.9. The van der Waals surface area contributed by atoms with E-state index < -0.39 is 6.04 Å². The summed E-state index contributed by atoms with van der Waals surface area (Å²) in [6.07, 6.45) is 6.36. The maximum Gasteiger partial charge on any atom is 0.241 e. The number of aromatic nitrogens is 2. The summed E-state index contributed by atoms with van der Waals surface area (Å²) in [7, 11) is 1.70. The van der Waals surface area contributed by atoms with Gasteiger partial charge in [-0.2, -0.15) is 0 Å². The van der Waals surface area contributed by atoms with E-state index in [4.69, 9.17) is 23.9 Å². The molecule has 14 heteroatoms. The average molecular weight is 888 g/mol. The molecule has 7 rings (SSSR count). The van der Waals surface area contributed by atoms with Gasteiger partial charge >= 0.3 is 0 Å². The van der Waals surface area contributed by atoms with Crippen molar-refractivity contribution in [3.05, 3.63) is 138 Å². The summed E-state index contributed by atoms with van der Waals surface area (Å²) in [5, 5.41) is 9.78. The fourth-order valence-electron chi connectivity index (χ4n) is 8.44. The van der Waals surface area contributed by atoms with Crippen molar-refractivity contribution in [1.29, 1.82) is 0 Å². The number of carbonyl (C=O) groups excluding carboxylic acids is 2. The number of fused-ring (bicyclic) bond motifs is 1. The van der Waals surface area contributed by atoms with E-state index in [1.54, 1.807) is 25.6 Å². The maximum absolute atomic E-state index is 14.0. The van der Waals surface area contributed by atoms with Gasteiger partial charge < -0.3 is 39.8 Å². The Morgan fingerprint density at radius 2 is 1.63 bits per heavy atom. The zero-order valence-corrected chi connectivity index (χ0v) is 37.9. The Balaban J connectivity index is 0.825. The van der Waals surface area contributed by atoms with E-state index >= 15 is 0 Å². The highest BCUT2D eigenvalue weighted by Gasteiger charge is 2.40. The van der Waals surface area contributed by atoms with Crippen LogP contribution in [0.15, 0.2) is 110 Å². The van der Waals surface area contributed by atoms with Crippen LogP contribution in [0, 0.1) is 5.82 Å². The summed E-state index contributed by atoms with van der Waals surface area (Å²) in [6.45, 7) is 11.8. The second-order valence-electron chi connectivity index (χ2n) is 17.5. The molecule has 0 unspecified atom stereocenters. The molecule has 13 nitrogen and oxygen atoms in total. The number of ether oxygens (including phenoxy) is 4. The Morgan fingerprint density at radius 3 is 2.42 bits per heavy atom. The molecule has 65 heavy (non-hydrogen) atoms. The molecule has 3 atom stereocenters. The van der Waals surface area contributed by atoms with Crippen molar-refractivity contribution in [1.82, 2.24) is 25.5 Å². The van der Waals surface area contributed by atoms with Crippen LogP contribution in [0.3, 0.4) is 0 Å². The van der Waals surface area contributed by atoms with Crippen LogP contribution in [0.4, 0.5) is 15.8 Å². The molecule has 1 fully saturated rings. The minimum absolute atomic E-state index is 0.0808. The number of hydrogen-bond donors (Lipinski definition) is 3. The van der Waals surface area contributed by atoms with Crippen LogP contribution in [-0.4, -0.2) is 124 Å². The van der Waals surface area contributed by atoms with E-state index in [2.05, 4.69) is 58.7 Å². The van der Waals surface area contributed by atoms with Gasteiger partial charge in [-0.05, 0) is 102 Å². The number of nitrogens with zero attached hydrogens (tertiary/aromatic N) is 4. The van der Waals surface area contributed by atoms with Gasteiger partial charge in [0, 0.05) is 75.1 Å². The number of amides is 2. The summed E-state index contributed by atoms with van der Waals surface area (Å²) in [5.41, 5.74) is 7.11. The topological polar surface area (TPSA) is 139 Å². The van der Waals surface area contributed by atoms with E-state index in [9.17, 15) is 14.0 Å². The number of nitrogens with one attached hydrogen (secondary N) is 3. The third-order valence-corrected chi connectivity index (χ3v) is 11.8. The summed E-state index contributed by atoms with van der Waals surface area (Å²) in [6, 6.07) is 27.7. The highest BCUT2D eigenvalue weighted by Crippen LogP contribution is 2.40. The number of carbonyl (C=O) groups is 2. The van der Waals surface area contributed by atoms with Crippen molar-refractivity contribution >= 4 is 23.2 Å². The summed E-state index contributed by atoms with van der Waals surface area (Å²) < 4.78 is 37.1. The molecule has 2 aliphatic heterocycles. The number of piperazine rings is 1. The minimum atomic E-state index is -0.613. The lowest BCUT2D eigenvalue weighted by molar-refractivity contribution is -0.121. The van der Waals surface area contributed by atoms with Gasteiger partial charge in [-0.3, -0.25) is 24.5 Å². The summed E-state index contributed by atoms with van der Waals surface area (Å²) in [5.74, 6) is 0.255. The predicted octanol–water partition coefficient (Wildman–Crippen LogP) is 6.06. The van der Waals surface area contributed by atoms with Gasteiger partial charge in [-0.1, -0.05) is 50.2 Å². The molecule has 5 aromatic rings. The van der Waals surface area contributed by atoms with Crippen molar-refractivity contribution in [2.24, 2.45) is 0 Å². The number of benzene rings is 3. The van der Waals surface area contributed by atoms with Crippen LogP contribution in [0.5, 0.6) is 5.75 Å². The Kier molecular flexibility index (Phi) is 16.8. The molecule has 3 N–H and O–H groups in total. The van der Waals surface area contributed by atoms with E-state index in [0.29, 0.717) is 89.4 Å². The van der Waals surface area contributed by atoms with Crippen LogP contribution in [-0.2, 0) is 42.1 Å². The smallest absolute Gasteiger partial charge is 0.241 e. The summed E-state index contributed by atoms with van der Waals surface area (Å²) >= 11 is 0. The van der Waals surface area contributed by atoms with Crippen LogP contribution in [0.2, 0.25) is 0 Å². The van der Waals surface area contributed by atoms with Gasteiger partial charge in [-0.15, -0.1) is 0 Å². The van der Waals surface area contributed by atoms with E-state index in [-0.39, 0.29) is 29.1 Å². The van der Waals surface area contributed by atoms with E-state index in [0.717, 1.165) is 52.5 Å². The molecule has 0 radical (unpaired) electrons. The molecule has 2 aromatic heterocycles. The minimum Gasteiger partial charge on any atom is -0.491 e. The number of pyridine rings is 2. The molecule has 344 valence electrons. The van der Waals surface area contributed by atoms with Crippen molar-refractivity contribution in [2.75, 3.05) is 89.7 Å². The highest BCUT2D eigenvalue weighted by molar-refractivity contribution is 5.97. The quantitative estimate of drug-likeness (QED) is 0.0700. The second-order valence-corrected chi connectivity index (χ2v) is 17.5. The third kappa shape index (κ3) is 13.5. The van der Waals surface area contributed by atoms with Gasteiger partial charge in [0.05, 0.1) is 57.0 Å². The predicted molar refractivity (Wildman–Crippen MR) is 251 cm³/mol. The van der Waals surface area contributed by atoms with E-state index in [1.165, 1.54) is 12.1 Å². The molecule has 2 aliphatic rings. The van der Waals surface area contributed by atoms with Gasteiger partial charge in [0.2, 0.25) is 11.8 Å². The molecular formula is C51H62FN7O6. The van der Waals surface area contributed by atoms with Crippen LogP contribution >= 0.6 is 0 Å². The molecule has 0 aliphatic carbocycles. The highest BCUT2D eigenvalue weighted by atomic mass is 19.1. The molecule has 0 saturated carbocycles. The normalized spacial score (nSPS) is 17.4. The van der Waals surface area contributed by atoms with Gasteiger partial charge in [0.1, 0.15) is 18.2 Å². The number of methoxy groups -OCH3 is 1. The fraction of sp³-hybridized carbons (Fsp3) is 0.412. The number of rotatable bonds is 22. The first kappa shape index (κ1) is 47.4. The SMILES string of the molecule is COC[C@H]1CN[C@H](C)CN1CC(=O)N1CC(C)(C)c2ncc(Cc3cccc(OCCOCCOCCN[C@H](Cc4cccc(F)c4)C(=O)Nc4ccc(-c5ccncc5)cc4)c3)cc21. The average Bonchev–Trinajstić information content (AvgIpc) is 3.57. The number of hydrogen-bond acceptors (Lipinski definition) is 11. The monoisotopic (exact) mass is 887 g/mol. The van der Waals surface area contributed by atoms with Gasteiger partial charge in [0.25, 0.3) is 0 Å². The lowest BCUT2D eigenvalue weighted by atomic mass is 9.91. The molecule has 0 bridgehead atoms. The van der Waals surface area contributed by atoms with Crippen molar-refractivity contribution in [3.63, 3.8) is 0 Å². The Labute approximate surface area is 382 Å². The van der Waals surface area contributed by atoms with Crippen LogP contribution < -0.4 is 25.6 Å². The lowest BCUT2D eigenvalue weighted by Gasteiger charge is -2.39. The largest absolute Gasteiger partial charge is 0.491 e. The first-order valence-corrected chi connectivity index (χ1v) is 22.5. The molecule has 2 amide bonds. The van der Waals surface area contributed by atoms with Crippen molar-refractivity contribution in [2.45, 2.75) is 57.2 Å². The third-order valence-electron chi connectivity index (χ3n) is 11.8. The van der Waals surface area contributed by atoms with Gasteiger partial charge in [0.15, 0.2) is 0 Å². The Bertz CT molecular complexity index is 2320. The fourth-order valence-corrected chi connectivity index (χ4v) is 8.44. The van der Waals surface area contributed by atoms with E-state index in [1.807, 2.05) is 71.8 Å². The Hall–Kier alpha value is -5.61. The molecule has 4 heterocycles. The number of halogens is 1. The maximum atomic E-state index is 14.0. The first-order valence-electron chi connectivity index (χ1n) is 22.5. The van der Waals surface area contributed by atoms with Crippen LogP contribution in [0.1, 0.15) is 43.2 Å². The Morgan fingerprint density at radius 1 is 0.892 bits per heavy atom. The first-order chi connectivity index (χ1) is 31.5. The molecular weight excluding hydrogens is 826 g/mol. The zero-order chi connectivity index (χ0) is 45.6. The van der Waals surface area contributed by atoms with Crippen LogP contribution in [0.25, 0.3) is 11.1 Å². The lowest BCUT2D eigenvalue weighted by Crippen LogP contribution is -2.59.